The molecule has 0 aliphatic carbocycles. The highest BCUT2D eigenvalue weighted by Crippen LogP contribution is 2.30. The molecular formula is C14H16BrN3. The first-order valence-corrected chi connectivity index (χ1v) is 7.04. The maximum atomic E-state index is 4.54. The van der Waals surface area contributed by atoms with Crippen LogP contribution in [-0.4, -0.2) is 28.5 Å². The van der Waals surface area contributed by atoms with E-state index in [1.165, 1.54) is 24.9 Å². The molecule has 1 aliphatic rings. The van der Waals surface area contributed by atoms with Crippen LogP contribution in [0.3, 0.4) is 0 Å². The molecule has 2 heterocycles. The van der Waals surface area contributed by atoms with Crippen LogP contribution in [0.25, 0.3) is 11.3 Å². The fourth-order valence-electron chi connectivity index (χ4n) is 2.54. The van der Waals surface area contributed by atoms with Gasteiger partial charge in [-0.1, -0.05) is 28.1 Å². The predicted octanol–water partition coefficient (Wildman–Crippen LogP) is 3.61. The molecule has 2 aromatic rings. The van der Waals surface area contributed by atoms with Crippen molar-refractivity contribution in [1.29, 1.82) is 0 Å². The van der Waals surface area contributed by atoms with Gasteiger partial charge < -0.3 is 4.98 Å². The number of aromatic nitrogens is 2. The summed E-state index contributed by atoms with van der Waals surface area (Å²) < 4.78 is 1.10. The molecule has 0 spiro atoms. The number of nitrogens with one attached hydrogen (secondary N) is 1. The lowest BCUT2D eigenvalue weighted by Gasteiger charge is -2.16. The number of hydrogen-bond donors (Lipinski definition) is 1. The molecule has 3 rings (SSSR count). The van der Waals surface area contributed by atoms with Crippen molar-refractivity contribution in [1.82, 2.24) is 14.9 Å². The van der Waals surface area contributed by atoms with Crippen molar-refractivity contribution in [2.45, 2.75) is 18.9 Å². The van der Waals surface area contributed by atoms with Crippen LogP contribution in [0.1, 0.15) is 24.7 Å². The third-order valence-electron chi connectivity index (χ3n) is 3.59. The van der Waals surface area contributed by atoms with Gasteiger partial charge in [0.15, 0.2) is 0 Å². The minimum atomic E-state index is 0.453. The van der Waals surface area contributed by atoms with Gasteiger partial charge in [0.25, 0.3) is 0 Å². The summed E-state index contributed by atoms with van der Waals surface area (Å²) in [4.78, 5) is 10.4. The molecule has 0 amide bonds. The van der Waals surface area contributed by atoms with Gasteiger partial charge in [-0.3, -0.25) is 4.90 Å². The molecule has 0 saturated carbocycles. The molecule has 4 heteroatoms. The van der Waals surface area contributed by atoms with Gasteiger partial charge in [0.1, 0.15) is 5.82 Å². The van der Waals surface area contributed by atoms with Gasteiger partial charge in [0, 0.05) is 4.47 Å². The van der Waals surface area contributed by atoms with Crippen molar-refractivity contribution in [3.8, 4) is 11.3 Å². The van der Waals surface area contributed by atoms with Crippen LogP contribution < -0.4 is 0 Å². The molecule has 1 saturated heterocycles. The maximum Gasteiger partial charge on any atom is 0.123 e. The number of nitrogens with zero attached hydrogens (tertiary/aromatic N) is 2. The highest BCUT2D eigenvalue weighted by atomic mass is 79.9. The Morgan fingerprint density at radius 3 is 2.78 bits per heavy atom. The third-order valence-corrected chi connectivity index (χ3v) is 4.12. The van der Waals surface area contributed by atoms with Crippen LogP contribution in [0.4, 0.5) is 0 Å². The van der Waals surface area contributed by atoms with Gasteiger partial charge in [-0.25, -0.2) is 4.98 Å². The van der Waals surface area contributed by atoms with Crippen molar-refractivity contribution in [2.24, 2.45) is 0 Å². The zero-order valence-electron chi connectivity index (χ0n) is 10.4. The van der Waals surface area contributed by atoms with E-state index in [9.17, 15) is 0 Å². The first kappa shape index (κ1) is 11.9. The zero-order valence-corrected chi connectivity index (χ0v) is 11.9. The van der Waals surface area contributed by atoms with Gasteiger partial charge in [0.2, 0.25) is 0 Å². The average Bonchev–Trinajstić information content (AvgIpc) is 2.98. The van der Waals surface area contributed by atoms with Crippen LogP contribution in [-0.2, 0) is 0 Å². The first-order valence-electron chi connectivity index (χ1n) is 6.25. The molecular weight excluding hydrogens is 290 g/mol. The minimum Gasteiger partial charge on any atom is -0.341 e. The van der Waals surface area contributed by atoms with Crippen LogP contribution in [0, 0.1) is 0 Å². The number of likely N-dealkylation sites (tertiary alicyclic amines) is 1. The topological polar surface area (TPSA) is 31.9 Å². The fourth-order valence-corrected chi connectivity index (χ4v) is 2.80. The molecule has 1 aliphatic heterocycles. The number of halogens is 1. The highest BCUT2D eigenvalue weighted by Gasteiger charge is 2.24. The van der Waals surface area contributed by atoms with E-state index in [1.54, 1.807) is 0 Å². The second kappa shape index (κ2) is 4.86. The maximum absolute atomic E-state index is 4.54. The Morgan fingerprint density at radius 1 is 1.33 bits per heavy atom. The van der Waals surface area contributed by atoms with E-state index in [-0.39, 0.29) is 0 Å². The van der Waals surface area contributed by atoms with Crippen molar-refractivity contribution < 1.29 is 0 Å². The van der Waals surface area contributed by atoms with E-state index in [0.29, 0.717) is 6.04 Å². The molecule has 1 N–H and O–H groups in total. The first-order chi connectivity index (χ1) is 8.74. The monoisotopic (exact) mass is 305 g/mol. The number of benzene rings is 1. The molecule has 1 atom stereocenters. The quantitative estimate of drug-likeness (QED) is 0.919. The second-order valence-corrected chi connectivity index (χ2v) is 5.74. The molecule has 1 aromatic carbocycles. The average molecular weight is 306 g/mol. The summed E-state index contributed by atoms with van der Waals surface area (Å²) in [5.74, 6) is 1.09. The molecule has 1 fully saturated rings. The van der Waals surface area contributed by atoms with E-state index in [4.69, 9.17) is 0 Å². The largest absolute Gasteiger partial charge is 0.341 e. The van der Waals surface area contributed by atoms with Gasteiger partial charge in [-0.15, -0.1) is 0 Å². The van der Waals surface area contributed by atoms with Crippen molar-refractivity contribution >= 4 is 15.9 Å². The van der Waals surface area contributed by atoms with Crippen molar-refractivity contribution in [2.75, 3.05) is 13.6 Å². The molecule has 0 radical (unpaired) electrons. The summed E-state index contributed by atoms with van der Waals surface area (Å²) in [5.41, 5.74) is 2.27. The summed E-state index contributed by atoms with van der Waals surface area (Å²) in [6, 6.07) is 8.75. The lowest BCUT2D eigenvalue weighted by Crippen LogP contribution is -2.18. The molecule has 94 valence electrons. The Bertz CT molecular complexity index is 532. The Kier molecular flexibility index (Phi) is 3.22. The van der Waals surface area contributed by atoms with Crippen molar-refractivity contribution in [3.05, 3.63) is 40.8 Å². The molecule has 0 unspecified atom stereocenters. The Labute approximate surface area is 115 Å². The van der Waals surface area contributed by atoms with E-state index in [0.717, 1.165) is 16.0 Å². The van der Waals surface area contributed by atoms with Crippen LogP contribution in [0.15, 0.2) is 34.9 Å². The number of hydrogen-bond acceptors (Lipinski definition) is 2. The number of aromatic amines is 1. The summed E-state index contributed by atoms with van der Waals surface area (Å²) >= 11 is 3.45. The van der Waals surface area contributed by atoms with Gasteiger partial charge in [-0.05, 0) is 44.1 Å². The van der Waals surface area contributed by atoms with Crippen molar-refractivity contribution in [3.63, 3.8) is 0 Å². The molecule has 1 aromatic heterocycles. The fraction of sp³-hybridized carbons (Fsp3) is 0.357. The van der Waals surface area contributed by atoms with Gasteiger partial charge in [0.05, 0.1) is 17.9 Å². The van der Waals surface area contributed by atoms with E-state index >= 15 is 0 Å². The Morgan fingerprint density at radius 2 is 2.11 bits per heavy atom. The molecule has 0 bridgehead atoms. The second-order valence-electron chi connectivity index (χ2n) is 4.83. The Balaban J connectivity index is 1.87. The number of H-pyrrole nitrogens is 1. The summed E-state index contributed by atoms with van der Waals surface area (Å²) in [5, 5.41) is 0. The Hall–Kier alpha value is -1.13. The molecule has 18 heavy (non-hydrogen) atoms. The molecule has 3 nitrogen and oxygen atoms in total. The minimum absolute atomic E-state index is 0.453. The summed E-state index contributed by atoms with van der Waals surface area (Å²) in [6.45, 7) is 1.17. The number of rotatable bonds is 2. The van der Waals surface area contributed by atoms with Crippen LogP contribution in [0.2, 0.25) is 0 Å². The van der Waals surface area contributed by atoms with Crippen LogP contribution >= 0.6 is 15.9 Å². The highest BCUT2D eigenvalue weighted by molar-refractivity contribution is 9.10. The standard InChI is InChI=1S/C14H16BrN3/c1-18-8-2-3-13(18)14-16-9-12(17-14)10-4-6-11(15)7-5-10/h4-7,9,13H,2-3,8H2,1H3,(H,16,17)/t13-/m1/s1. The number of imidazole rings is 1. The predicted molar refractivity (Wildman–Crippen MR) is 76.3 cm³/mol. The summed E-state index contributed by atoms with van der Waals surface area (Å²) in [6.07, 6.45) is 4.39. The van der Waals surface area contributed by atoms with E-state index in [2.05, 4.69) is 62.1 Å². The van der Waals surface area contributed by atoms with E-state index in [1.807, 2.05) is 6.20 Å². The normalized spacial score (nSPS) is 20.4. The third kappa shape index (κ3) is 2.22. The lowest BCUT2D eigenvalue weighted by molar-refractivity contribution is 0.307. The van der Waals surface area contributed by atoms with Crippen LogP contribution in [0.5, 0.6) is 0 Å². The summed E-state index contributed by atoms with van der Waals surface area (Å²) in [7, 11) is 2.17. The smallest absolute Gasteiger partial charge is 0.123 e. The van der Waals surface area contributed by atoms with E-state index < -0.39 is 0 Å². The van der Waals surface area contributed by atoms with Gasteiger partial charge in [-0.2, -0.15) is 0 Å². The lowest BCUT2D eigenvalue weighted by atomic mass is 10.2. The zero-order chi connectivity index (χ0) is 12.5. The van der Waals surface area contributed by atoms with Gasteiger partial charge >= 0.3 is 0 Å². The SMILES string of the molecule is CN1CCC[C@@H]1c1ncc(-c2ccc(Br)cc2)[nH]1.